The van der Waals surface area contributed by atoms with E-state index in [-0.39, 0.29) is 11.3 Å². The monoisotopic (exact) mass is 447 g/mol. The average Bonchev–Trinajstić information content (AvgIpc) is 2.94. The second-order valence-electron chi connectivity index (χ2n) is 5.86. The molecule has 1 saturated carbocycles. The van der Waals surface area contributed by atoms with Crippen molar-refractivity contribution in [3.8, 4) is 11.8 Å². The first-order chi connectivity index (χ1) is 12.3. The zero-order valence-corrected chi connectivity index (χ0v) is 15.0. The molecule has 2 atom stereocenters. The Morgan fingerprint density at radius 3 is 2.15 bits per heavy atom. The van der Waals surface area contributed by atoms with Crippen LogP contribution in [0.2, 0.25) is 10.0 Å². The van der Waals surface area contributed by atoms with Gasteiger partial charge in [-0.15, -0.1) is 0 Å². The lowest BCUT2D eigenvalue weighted by Gasteiger charge is -2.45. The lowest BCUT2D eigenvalue weighted by atomic mass is 9.74. The van der Waals surface area contributed by atoms with E-state index in [1.54, 1.807) is 6.07 Å². The Bertz CT molecular complexity index is 938. The Morgan fingerprint density at radius 1 is 1.19 bits per heavy atom. The van der Waals surface area contributed by atoms with E-state index in [9.17, 15) is 26.3 Å². The third kappa shape index (κ3) is 3.13. The van der Waals surface area contributed by atoms with Gasteiger partial charge >= 0.3 is 6.18 Å². The van der Waals surface area contributed by atoms with Gasteiger partial charge in [-0.1, -0.05) is 34.8 Å². The Balaban J connectivity index is 2.09. The molecule has 1 fully saturated rings. The van der Waals surface area contributed by atoms with Crippen molar-refractivity contribution in [1.82, 2.24) is 9.78 Å². The molecule has 1 heterocycles. The summed E-state index contributed by atoms with van der Waals surface area (Å²) < 4.78 is 80.0. The number of halogens is 9. The Hall–Kier alpha value is -1.63. The molecule has 0 radical (unpaired) electrons. The molecule has 1 aliphatic rings. The maximum absolute atomic E-state index is 14.1. The van der Waals surface area contributed by atoms with Gasteiger partial charge in [-0.2, -0.15) is 23.5 Å². The minimum absolute atomic E-state index is 0.223. The average molecular weight is 449 g/mol. The molecule has 0 N–H and O–H groups in total. The number of nitriles is 1. The van der Waals surface area contributed by atoms with E-state index in [1.807, 2.05) is 0 Å². The minimum atomic E-state index is -4.71. The van der Waals surface area contributed by atoms with Gasteiger partial charge in [-0.25, -0.2) is 17.9 Å². The summed E-state index contributed by atoms with van der Waals surface area (Å²) in [5.41, 5.74) is -1.99. The standard InChI is InChI=1S/C15H6Cl3F6N3/c16-9-1-6(15(22,23)24)2-10(17)12(9)27-5-7(11(4-25)26-27)8-3-13(19,20)14(8,18)21/h1-2,5,8H,3H2. The quantitative estimate of drug-likeness (QED) is 0.412. The second-order valence-corrected chi connectivity index (χ2v) is 7.22. The molecule has 0 amide bonds. The van der Waals surface area contributed by atoms with Gasteiger partial charge in [0.05, 0.1) is 15.6 Å². The summed E-state index contributed by atoms with van der Waals surface area (Å²) in [5, 5.41) is 8.58. The number of hydrogen-bond donors (Lipinski definition) is 0. The molecule has 0 aliphatic heterocycles. The van der Waals surface area contributed by atoms with Gasteiger partial charge in [0.2, 0.25) is 0 Å². The van der Waals surface area contributed by atoms with E-state index in [0.717, 1.165) is 10.9 Å². The molecule has 2 unspecified atom stereocenters. The lowest BCUT2D eigenvalue weighted by molar-refractivity contribution is -0.182. The van der Waals surface area contributed by atoms with Gasteiger partial charge in [0.15, 0.2) is 5.69 Å². The molecule has 0 spiro atoms. The fourth-order valence-electron chi connectivity index (χ4n) is 2.74. The van der Waals surface area contributed by atoms with Crippen molar-refractivity contribution < 1.29 is 26.3 Å². The molecular formula is C15H6Cl3F6N3. The number of benzene rings is 1. The molecule has 1 aromatic carbocycles. The summed E-state index contributed by atoms with van der Waals surface area (Å²) in [5.74, 6) is -5.33. The van der Waals surface area contributed by atoms with Gasteiger partial charge in [0.1, 0.15) is 11.8 Å². The van der Waals surface area contributed by atoms with Gasteiger partial charge in [-0.05, 0) is 12.1 Å². The van der Waals surface area contributed by atoms with Gasteiger partial charge in [0, 0.05) is 24.1 Å². The number of nitrogens with zero attached hydrogens (tertiary/aromatic N) is 3. The van der Waals surface area contributed by atoms with Crippen molar-refractivity contribution in [1.29, 1.82) is 5.26 Å². The van der Waals surface area contributed by atoms with Crippen LogP contribution in [0.4, 0.5) is 26.3 Å². The molecule has 1 aromatic heterocycles. The maximum atomic E-state index is 14.1. The van der Waals surface area contributed by atoms with Crippen molar-refractivity contribution in [2.45, 2.75) is 29.6 Å². The van der Waals surface area contributed by atoms with Crippen LogP contribution < -0.4 is 0 Å². The molecule has 3 rings (SSSR count). The van der Waals surface area contributed by atoms with Crippen molar-refractivity contribution in [3.05, 3.63) is 45.2 Å². The summed E-state index contributed by atoms with van der Waals surface area (Å²) in [6.07, 6.45) is -4.67. The Morgan fingerprint density at radius 2 is 1.74 bits per heavy atom. The molecule has 2 aromatic rings. The topological polar surface area (TPSA) is 41.6 Å². The summed E-state index contributed by atoms with van der Waals surface area (Å²) in [4.78, 5) is 0. The Labute approximate surface area is 163 Å². The molecule has 0 bridgehead atoms. The van der Waals surface area contributed by atoms with Gasteiger partial charge < -0.3 is 0 Å². The first-order valence-corrected chi connectivity index (χ1v) is 8.25. The van der Waals surface area contributed by atoms with Crippen LogP contribution in [0.15, 0.2) is 18.3 Å². The molecule has 3 nitrogen and oxygen atoms in total. The van der Waals surface area contributed by atoms with Crippen molar-refractivity contribution in [2.75, 3.05) is 0 Å². The zero-order chi connectivity index (χ0) is 20.4. The predicted octanol–water partition coefficient (Wildman–Crippen LogP) is 6.10. The maximum Gasteiger partial charge on any atom is 0.416 e. The van der Waals surface area contributed by atoms with Crippen LogP contribution in [0, 0.1) is 11.3 Å². The lowest BCUT2D eigenvalue weighted by Crippen LogP contribution is -2.56. The van der Waals surface area contributed by atoms with Crippen LogP contribution in [0.1, 0.15) is 29.2 Å². The fourth-order valence-corrected chi connectivity index (χ4v) is 3.67. The molecule has 144 valence electrons. The van der Waals surface area contributed by atoms with Crippen LogP contribution in [-0.2, 0) is 6.18 Å². The minimum Gasteiger partial charge on any atom is -0.236 e. The van der Waals surface area contributed by atoms with Gasteiger partial charge in [0.25, 0.3) is 11.1 Å². The zero-order valence-electron chi connectivity index (χ0n) is 12.8. The SMILES string of the molecule is N#Cc1nn(-c2c(Cl)cc(C(F)(F)F)cc2Cl)cc1C1CC(F)(F)C1(F)Cl. The van der Waals surface area contributed by atoms with Crippen molar-refractivity contribution in [2.24, 2.45) is 0 Å². The molecule has 1 aliphatic carbocycles. The van der Waals surface area contributed by atoms with E-state index in [1.165, 1.54) is 0 Å². The van der Waals surface area contributed by atoms with Crippen LogP contribution in [0.25, 0.3) is 5.69 Å². The molecule has 12 heteroatoms. The van der Waals surface area contributed by atoms with Crippen LogP contribution >= 0.6 is 34.8 Å². The summed E-state index contributed by atoms with van der Waals surface area (Å²) in [6.45, 7) is 0. The van der Waals surface area contributed by atoms with Crippen LogP contribution in [0.5, 0.6) is 0 Å². The van der Waals surface area contributed by atoms with E-state index in [0.29, 0.717) is 12.1 Å². The van der Waals surface area contributed by atoms with Crippen molar-refractivity contribution >= 4 is 34.8 Å². The second kappa shape index (κ2) is 6.19. The summed E-state index contributed by atoms with van der Waals surface area (Å²) in [7, 11) is 0. The normalized spacial score (nSPS) is 24.4. The van der Waals surface area contributed by atoms with Crippen LogP contribution in [0.3, 0.4) is 0 Å². The first kappa shape index (κ1) is 20.1. The predicted molar refractivity (Wildman–Crippen MR) is 85.3 cm³/mol. The van der Waals surface area contributed by atoms with Crippen molar-refractivity contribution in [3.63, 3.8) is 0 Å². The molecule has 27 heavy (non-hydrogen) atoms. The first-order valence-electron chi connectivity index (χ1n) is 7.11. The van der Waals surface area contributed by atoms with Crippen LogP contribution in [-0.4, -0.2) is 20.8 Å². The summed E-state index contributed by atoms with van der Waals surface area (Å²) >= 11 is 17.0. The highest BCUT2D eigenvalue weighted by Crippen LogP contribution is 2.61. The highest BCUT2D eigenvalue weighted by Gasteiger charge is 2.70. The molecule has 0 saturated heterocycles. The fraction of sp³-hybridized carbons (Fsp3) is 0.333. The highest BCUT2D eigenvalue weighted by molar-refractivity contribution is 6.37. The van der Waals surface area contributed by atoms with Gasteiger partial charge in [-0.3, -0.25) is 0 Å². The Kier molecular flexibility index (Phi) is 4.61. The third-order valence-electron chi connectivity index (χ3n) is 4.18. The summed E-state index contributed by atoms with van der Waals surface area (Å²) in [6, 6.07) is 2.79. The van der Waals surface area contributed by atoms with E-state index >= 15 is 0 Å². The van der Waals surface area contributed by atoms with E-state index < -0.39 is 50.9 Å². The smallest absolute Gasteiger partial charge is 0.236 e. The molecular weight excluding hydrogens is 443 g/mol. The van der Waals surface area contributed by atoms with E-state index in [4.69, 9.17) is 40.1 Å². The number of hydrogen-bond acceptors (Lipinski definition) is 2. The van der Waals surface area contributed by atoms with E-state index in [2.05, 4.69) is 5.10 Å². The number of rotatable bonds is 2. The number of alkyl halides is 7. The largest absolute Gasteiger partial charge is 0.416 e. The highest BCUT2D eigenvalue weighted by atomic mass is 35.5. The third-order valence-corrected chi connectivity index (χ3v) is 5.30. The number of aromatic nitrogens is 2.